The molecule has 2 N–H and O–H groups in total. The fourth-order valence-electron chi connectivity index (χ4n) is 3.96. The maximum atomic E-state index is 14.0. The first-order valence-electron chi connectivity index (χ1n) is 15.1. The summed E-state index contributed by atoms with van der Waals surface area (Å²) >= 11 is 0. The standard InChI is InChI=1S/C31H38F6N3OP.C3H8/c1-7-9-10-26-27(16-11-19(3)4)42-28(18-38-26)39-21(6)24-17-23(14-15-25(24)31(35,36)37)40-29(41)22(8-2)13-12-20(5)30(32,33)34;1-3-2/h8,10,12-19,21,28,39,42H,5,7,9,11H2,1-4,6H3,(H,40,41);3H2,1-2H3/b13-12-,22-8+,26-10+,27-16-;. The van der Waals surface area contributed by atoms with Crippen molar-refractivity contribution in [3.05, 3.63) is 88.4 Å². The molecule has 0 aromatic heterocycles. The lowest BCUT2D eigenvalue weighted by Gasteiger charge is -2.27. The Hall–Kier alpha value is -2.97. The van der Waals surface area contributed by atoms with Crippen LogP contribution in [0.25, 0.3) is 0 Å². The van der Waals surface area contributed by atoms with Gasteiger partial charge in [-0.1, -0.05) is 80.8 Å². The SMILES string of the molecule is C=C(/C=C\C(=C/C)C(=O)Nc1ccc(C(F)(F)F)c(C(C)NC2C=NC(=C/CCC)/C(=C/CC(C)C)P2)c1)C(F)(F)F.CCC. The summed E-state index contributed by atoms with van der Waals surface area (Å²) in [4.78, 5) is 17.3. The van der Waals surface area contributed by atoms with Crippen LogP contribution in [0.2, 0.25) is 0 Å². The van der Waals surface area contributed by atoms with E-state index in [1.807, 2.05) is 0 Å². The Kier molecular flexibility index (Phi) is 16.8. The fraction of sp³-hybridized carbons (Fsp3) is 0.471. The van der Waals surface area contributed by atoms with E-state index in [1.165, 1.54) is 25.5 Å². The van der Waals surface area contributed by atoms with E-state index in [4.69, 9.17) is 0 Å². The molecule has 1 aliphatic rings. The second-order valence-corrected chi connectivity index (χ2v) is 12.4. The number of hydrogen-bond acceptors (Lipinski definition) is 3. The van der Waals surface area contributed by atoms with Gasteiger partial charge in [0.25, 0.3) is 5.91 Å². The summed E-state index contributed by atoms with van der Waals surface area (Å²) in [6, 6.07) is 2.46. The molecule has 0 radical (unpaired) electrons. The second kappa shape index (κ2) is 18.9. The maximum absolute atomic E-state index is 14.0. The highest BCUT2D eigenvalue weighted by molar-refractivity contribution is 7.45. The molecule has 1 heterocycles. The number of aliphatic imine (C=N–C) groups is 1. The largest absolute Gasteiger partial charge is 0.416 e. The summed E-state index contributed by atoms with van der Waals surface area (Å²) in [5, 5.41) is 6.80. The molecule has 1 amide bonds. The molecule has 0 aliphatic carbocycles. The number of benzene rings is 1. The zero-order valence-electron chi connectivity index (χ0n) is 27.1. The first-order chi connectivity index (χ1) is 21.0. The molecule has 3 unspecified atom stereocenters. The minimum absolute atomic E-state index is 0.0705. The molecule has 1 aromatic rings. The number of anilines is 1. The number of halogens is 6. The van der Waals surface area contributed by atoms with Crippen molar-refractivity contribution in [3.63, 3.8) is 0 Å². The summed E-state index contributed by atoms with van der Waals surface area (Å²) in [7, 11) is 0.259. The van der Waals surface area contributed by atoms with E-state index in [0.29, 0.717) is 12.0 Å². The molecule has 11 heteroatoms. The first kappa shape index (κ1) is 40.1. The van der Waals surface area contributed by atoms with Crippen LogP contribution in [0, 0.1) is 5.92 Å². The molecule has 3 atom stereocenters. The second-order valence-electron chi connectivity index (χ2n) is 11.0. The van der Waals surface area contributed by atoms with Crippen molar-refractivity contribution >= 4 is 26.4 Å². The molecular formula is C34H46F6N3OP. The molecule has 0 spiro atoms. The number of amides is 1. The molecule has 1 aliphatic heterocycles. The van der Waals surface area contributed by atoms with E-state index < -0.39 is 35.4 Å². The molecule has 1 aromatic carbocycles. The van der Waals surface area contributed by atoms with E-state index in [0.717, 1.165) is 48.5 Å². The van der Waals surface area contributed by atoms with Gasteiger partial charge in [-0.3, -0.25) is 15.1 Å². The first-order valence-corrected chi connectivity index (χ1v) is 16.2. The topological polar surface area (TPSA) is 53.5 Å². The average molecular weight is 658 g/mol. The van der Waals surface area contributed by atoms with Crippen LogP contribution in [0.5, 0.6) is 0 Å². The van der Waals surface area contributed by atoms with Gasteiger partial charge >= 0.3 is 12.4 Å². The Morgan fingerprint density at radius 2 is 1.71 bits per heavy atom. The number of hydrogen-bond donors (Lipinski definition) is 2. The van der Waals surface area contributed by atoms with E-state index in [2.05, 4.69) is 69.0 Å². The Labute approximate surface area is 265 Å². The molecule has 4 nitrogen and oxygen atoms in total. The van der Waals surface area contributed by atoms with Crippen molar-refractivity contribution < 1.29 is 31.1 Å². The highest BCUT2D eigenvalue weighted by atomic mass is 31.1. The van der Waals surface area contributed by atoms with Crippen molar-refractivity contribution in [2.24, 2.45) is 10.9 Å². The molecule has 2 rings (SSSR count). The van der Waals surface area contributed by atoms with Gasteiger partial charge < -0.3 is 5.32 Å². The van der Waals surface area contributed by atoms with Crippen molar-refractivity contribution in [1.82, 2.24) is 5.32 Å². The zero-order chi connectivity index (χ0) is 34.4. The van der Waals surface area contributed by atoms with E-state index in [-0.39, 0.29) is 31.2 Å². The molecule has 0 saturated carbocycles. The molecule has 250 valence electrons. The van der Waals surface area contributed by atoms with Crippen LogP contribution in [0.15, 0.2) is 82.3 Å². The zero-order valence-corrected chi connectivity index (χ0v) is 28.1. The van der Waals surface area contributed by atoms with Crippen molar-refractivity contribution in [1.29, 1.82) is 0 Å². The predicted octanol–water partition coefficient (Wildman–Crippen LogP) is 11.0. The van der Waals surface area contributed by atoms with Gasteiger partial charge in [0, 0.05) is 29.1 Å². The fourth-order valence-corrected chi connectivity index (χ4v) is 5.32. The minimum atomic E-state index is -4.65. The molecule has 0 fully saturated rings. The van der Waals surface area contributed by atoms with Gasteiger partial charge in [0.15, 0.2) is 0 Å². The van der Waals surface area contributed by atoms with Crippen LogP contribution in [-0.4, -0.2) is 24.1 Å². The van der Waals surface area contributed by atoms with Crippen LogP contribution in [-0.2, 0) is 11.0 Å². The van der Waals surface area contributed by atoms with E-state index in [9.17, 15) is 31.1 Å². The van der Waals surface area contributed by atoms with E-state index in [1.54, 1.807) is 13.1 Å². The van der Waals surface area contributed by atoms with E-state index >= 15 is 0 Å². The van der Waals surface area contributed by atoms with Crippen LogP contribution >= 0.6 is 8.58 Å². The van der Waals surface area contributed by atoms with Gasteiger partial charge in [0.1, 0.15) is 0 Å². The Morgan fingerprint density at radius 3 is 2.24 bits per heavy atom. The number of nitrogens with one attached hydrogen (secondary N) is 2. The Balaban J connectivity index is 0.00000324. The molecule has 0 bridgehead atoms. The van der Waals surface area contributed by atoms with Gasteiger partial charge in [-0.2, -0.15) is 26.3 Å². The van der Waals surface area contributed by atoms with Gasteiger partial charge in [-0.05, 0) is 73.8 Å². The van der Waals surface area contributed by atoms with Gasteiger partial charge in [-0.15, -0.1) is 0 Å². The minimum Gasteiger partial charge on any atom is -0.322 e. The predicted molar refractivity (Wildman–Crippen MR) is 177 cm³/mol. The lowest BCUT2D eigenvalue weighted by Crippen LogP contribution is -2.32. The highest BCUT2D eigenvalue weighted by Gasteiger charge is 2.35. The van der Waals surface area contributed by atoms with Gasteiger partial charge in [0.05, 0.1) is 17.0 Å². The van der Waals surface area contributed by atoms with Crippen LogP contribution in [0.1, 0.15) is 91.3 Å². The maximum Gasteiger partial charge on any atom is 0.416 e. The Morgan fingerprint density at radius 1 is 1.07 bits per heavy atom. The quantitative estimate of drug-likeness (QED) is 0.108. The van der Waals surface area contributed by atoms with Crippen LogP contribution in [0.4, 0.5) is 32.0 Å². The number of alkyl halides is 6. The highest BCUT2D eigenvalue weighted by Crippen LogP contribution is 2.41. The summed E-state index contributed by atoms with van der Waals surface area (Å²) in [5.74, 6) is -0.624. The smallest absolute Gasteiger partial charge is 0.322 e. The third kappa shape index (κ3) is 13.9. The number of rotatable bonds is 11. The van der Waals surface area contributed by atoms with Crippen molar-refractivity contribution in [2.75, 3.05) is 5.32 Å². The van der Waals surface area contributed by atoms with Gasteiger partial charge in [0.2, 0.25) is 0 Å². The summed E-state index contributed by atoms with van der Waals surface area (Å²) in [5.41, 5.74) is -1.23. The summed E-state index contributed by atoms with van der Waals surface area (Å²) in [6.45, 7) is 16.5. The van der Waals surface area contributed by atoms with Crippen LogP contribution in [0.3, 0.4) is 0 Å². The third-order valence-electron chi connectivity index (χ3n) is 6.28. The van der Waals surface area contributed by atoms with Crippen LogP contribution < -0.4 is 10.6 Å². The normalized spacial score (nSPS) is 18.9. The number of carbonyl (C=O) groups excluding carboxylic acids is 1. The average Bonchev–Trinajstić information content (AvgIpc) is 2.95. The number of carbonyl (C=O) groups is 1. The van der Waals surface area contributed by atoms with Gasteiger partial charge in [-0.25, -0.2) is 0 Å². The molecule has 0 saturated heterocycles. The number of nitrogens with zero attached hydrogens (tertiary/aromatic N) is 1. The Bertz CT molecular complexity index is 1290. The molecular weight excluding hydrogens is 611 g/mol. The lowest BCUT2D eigenvalue weighted by atomic mass is 9.99. The third-order valence-corrected chi connectivity index (χ3v) is 7.68. The van der Waals surface area contributed by atoms with Crippen molar-refractivity contribution in [2.45, 2.75) is 98.3 Å². The lowest BCUT2D eigenvalue weighted by molar-refractivity contribution is -0.138. The summed E-state index contributed by atoms with van der Waals surface area (Å²) in [6.07, 6.45) is 3.52. The van der Waals surface area contributed by atoms with Crippen molar-refractivity contribution in [3.8, 4) is 0 Å². The number of allylic oxidation sites excluding steroid dienone is 6. The monoisotopic (exact) mass is 657 g/mol. The molecule has 45 heavy (non-hydrogen) atoms. The number of unbranched alkanes of at least 4 members (excludes halogenated alkanes) is 1. The summed E-state index contributed by atoms with van der Waals surface area (Å²) < 4.78 is 80.2.